The number of alkyl halides is 2. The summed E-state index contributed by atoms with van der Waals surface area (Å²) in [5.41, 5.74) is 1.38. The molecule has 176 valence electrons. The molecule has 5 atom stereocenters. The third-order valence-corrected chi connectivity index (χ3v) is 6.82. The van der Waals surface area contributed by atoms with Crippen LogP contribution in [0.15, 0.2) is 24.7 Å². The van der Waals surface area contributed by atoms with Crippen molar-refractivity contribution in [2.45, 2.75) is 63.5 Å². The highest BCUT2D eigenvalue weighted by Crippen LogP contribution is 2.41. The molecule has 10 heteroatoms. The fraction of sp³-hybridized carbons (Fsp3) is 0.478. The molecule has 1 fully saturated rings. The van der Waals surface area contributed by atoms with Crippen LogP contribution in [0.4, 0.5) is 13.2 Å². The summed E-state index contributed by atoms with van der Waals surface area (Å²) in [6.07, 6.45) is -2.87. The first-order valence-electron chi connectivity index (χ1n) is 10.9. The maximum atomic E-state index is 14.8. The van der Waals surface area contributed by atoms with E-state index in [0.29, 0.717) is 17.8 Å². The Morgan fingerprint density at radius 2 is 2.03 bits per heavy atom. The molecule has 33 heavy (non-hydrogen) atoms. The van der Waals surface area contributed by atoms with Crippen molar-refractivity contribution in [3.8, 4) is 5.75 Å². The largest absolute Gasteiger partial charge is 0.487 e. The second-order valence-electron chi connectivity index (χ2n) is 8.86. The smallest absolute Gasteiger partial charge is 0.266 e. The molecule has 7 nitrogen and oxygen atoms in total. The second-order valence-corrected chi connectivity index (χ2v) is 8.86. The van der Waals surface area contributed by atoms with Gasteiger partial charge >= 0.3 is 0 Å². The second kappa shape index (κ2) is 8.27. The zero-order valence-electron chi connectivity index (χ0n) is 18.2. The lowest BCUT2D eigenvalue weighted by molar-refractivity contribution is -0.0167. The zero-order valence-corrected chi connectivity index (χ0v) is 18.2. The normalized spacial score (nSPS) is 27.3. The Balaban J connectivity index is 1.49. The molecule has 1 aromatic carbocycles. The fourth-order valence-corrected chi connectivity index (χ4v) is 5.08. The van der Waals surface area contributed by atoms with Gasteiger partial charge in [0.15, 0.2) is 0 Å². The number of aliphatic hydroxyl groups excluding tert-OH is 2. The summed E-state index contributed by atoms with van der Waals surface area (Å²) in [7, 11) is 0. The Morgan fingerprint density at radius 3 is 2.79 bits per heavy atom. The maximum Gasteiger partial charge on any atom is 0.266 e. The molecule has 1 aliphatic heterocycles. The molecule has 0 bridgehead atoms. The average Bonchev–Trinajstić information content (AvgIpc) is 3.32. The Bertz CT molecular complexity index is 1200. The highest BCUT2D eigenvalue weighted by Gasteiger charge is 2.45. The number of nitrogens with one attached hydrogen (secondary N) is 1. The molecule has 3 heterocycles. The number of aliphatic hydroxyl groups is 2. The molecule has 3 N–H and O–H groups in total. The number of nitrogens with zero attached hydrogens (tertiary/aromatic N) is 3. The van der Waals surface area contributed by atoms with Crippen LogP contribution in [0.2, 0.25) is 0 Å². The first kappa shape index (κ1) is 22.1. The van der Waals surface area contributed by atoms with Crippen LogP contribution >= 0.6 is 0 Å². The molecule has 0 radical (unpaired) electrons. The minimum absolute atomic E-state index is 0.105. The zero-order chi connectivity index (χ0) is 23.4. The molecule has 2 aromatic heterocycles. The van der Waals surface area contributed by atoms with Gasteiger partial charge in [-0.05, 0) is 25.0 Å². The van der Waals surface area contributed by atoms with E-state index in [9.17, 15) is 23.4 Å². The van der Waals surface area contributed by atoms with Crippen LogP contribution in [-0.2, 0) is 6.54 Å². The van der Waals surface area contributed by atoms with E-state index in [1.54, 1.807) is 17.7 Å². The third kappa shape index (κ3) is 3.56. The molecule has 0 amide bonds. The Labute approximate surface area is 188 Å². The first-order valence-corrected chi connectivity index (χ1v) is 10.9. The summed E-state index contributed by atoms with van der Waals surface area (Å²) in [5, 5.41) is 25.5. The number of ether oxygens (including phenoxy) is 1. The van der Waals surface area contributed by atoms with Crippen LogP contribution < -0.4 is 10.1 Å². The quantitative estimate of drug-likeness (QED) is 0.552. The molecular weight excluding hydrogens is 437 g/mol. The van der Waals surface area contributed by atoms with Crippen molar-refractivity contribution in [3.63, 3.8) is 0 Å². The highest BCUT2D eigenvalue weighted by atomic mass is 19.3. The summed E-state index contributed by atoms with van der Waals surface area (Å²) in [6.45, 7) is 4.35. The molecule has 5 rings (SSSR count). The minimum atomic E-state index is -3.00. The van der Waals surface area contributed by atoms with Crippen LogP contribution in [0, 0.1) is 12.7 Å². The number of fused-ring (bicyclic) bond motifs is 2. The van der Waals surface area contributed by atoms with Crippen molar-refractivity contribution in [1.29, 1.82) is 0 Å². The number of halogens is 3. The van der Waals surface area contributed by atoms with Crippen LogP contribution in [0.25, 0.3) is 11.0 Å². The molecule has 1 saturated carbocycles. The molecule has 0 spiro atoms. The molecule has 1 aliphatic carbocycles. The van der Waals surface area contributed by atoms with Crippen molar-refractivity contribution < 1.29 is 28.1 Å². The van der Waals surface area contributed by atoms with Gasteiger partial charge in [-0.3, -0.25) is 0 Å². The Morgan fingerprint density at radius 1 is 1.24 bits per heavy atom. The van der Waals surface area contributed by atoms with E-state index >= 15 is 0 Å². The monoisotopic (exact) mass is 462 g/mol. The predicted octanol–water partition coefficient (Wildman–Crippen LogP) is 3.14. The summed E-state index contributed by atoms with van der Waals surface area (Å²) < 4.78 is 49.8. The van der Waals surface area contributed by atoms with E-state index in [1.807, 2.05) is 13.0 Å². The average molecular weight is 462 g/mol. The van der Waals surface area contributed by atoms with Crippen molar-refractivity contribution in [2.75, 3.05) is 6.54 Å². The number of hydrogen-bond donors (Lipinski definition) is 3. The number of rotatable bonds is 4. The van der Waals surface area contributed by atoms with Crippen LogP contribution in [-0.4, -0.2) is 49.6 Å². The van der Waals surface area contributed by atoms with E-state index in [4.69, 9.17) is 4.74 Å². The van der Waals surface area contributed by atoms with E-state index in [1.165, 1.54) is 6.33 Å². The number of aromatic nitrogens is 3. The minimum Gasteiger partial charge on any atom is -0.487 e. The van der Waals surface area contributed by atoms with E-state index in [0.717, 1.165) is 17.1 Å². The standard InChI is InChI=1S/C23H25F3N4O3/c1-10-7-27-8-14-16(5-13(22(25)26)19(24)18(10)14)33-17-6-15(20(31)21(17)32)30-4-3-12-11(2)28-9-29-23(12)30/h3-5,9-10,15,17,20-22,27,31-32H,6-8H2,1-2H3/t10?,15-,17+,20+,21-/m1/s1. The number of aryl methyl sites for hydroxylation is 1. The van der Waals surface area contributed by atoms with E-state index < -0.39 is 42.2 Å². The first-order chi connectivity index (χ1) is 15.8. The summed E-state index contributed by atoms with van der Waals surface area (Å²) in [6, 6.07) is 2.32. The number of hydrogen-bond acceptors (Lipinski definition) is 6. The van der Waals surface area contributed by atoms with Crippen molar-refractivity contribution in [2.24, 2.45) is 0 Å². The summed E-state index contributed by atoms with van der Waals surface area (Å²) in [5.74, 6) is -1.11. The maximum absolute atomic E-state index is 14.8. The molecule has 1 unspecified atom stereocenters. The van der Waals surface area contributed by atoms with Gasteiger partial charge in [0, 0.05) is 42.2 Å². The fourth-order valence-electron chi connectivity index (χ4n) is 5.08. The van der Waals surface area contributed by atoms with Crippen molar-refractivity contribution >= 4 is 11.0 Å². The van der Waals surface area contributed by atoms with Gasteiger partial charge in [0.25, 0.3) is 6.43 Å². The van der Waals surface area contributed by atoms with E-state index in [-0.39, 0.29) is 30.2 Å². The Kier molecular flexibility index (Phi) is 5.54. The van der Waals surface area contributed by atoms with Gasteiger partial charge in [-0.25, -0.2) is 23.1 Å². The molecule has 2 aliphatic rings. The number of benzene rings is 1. The summed E-state index contributed by atoms with van der Waals surface area (Å²) in [4.78, 5) is 8.48. The third-order valence-electron chi connectivity index (χ3n) is 6.82. The van der Waals surface area contributed by atoms with Gasteiger partial charge < -0.3 is 24.8 Å². The summed E-state index contributed by atoms with van der Waals surface area (Å²) >= 11 is 0. The van der Waals surface area contributed by atoms with Crippen molar-refractivity contribution in [1.82, 2.24) is 19.9 Å². The van der Waals surface area contributed by atoms with Crippen LogP contribution in [0.3, 0.4) is 0 Å². The lowest BCUT2D eigenvalue weighted by atomic mass is 9.89. The van der Waals surface area contributed by atoms with Gasteiger partial charge in [-0.15, -0.1) is 0 Å². The predicted molar refractivity (Wildman–Crippen MR) is 114 cm³/mol. The molecular formula is C23H25F3N4O3. The molecule has 0 saturated heterocycles. The molecule has 3 aromatic rings. The van der Waals surface area contributed by atoms with Gasteiger partial charge in [-0.2, -0.15) is 0 Å². The van der Waals surface area contributed by atoms with Crippen LogP contribution in [0.1, 0.15) is 54.1 Å². The van der Waals surface area contributed by atoms with Gasteiger partial charge in [0.05, 0.1) is 17.3 Å². The van der Waals surface area contributed by atoms with Crippen molar-refractivity contribution in [3.05, 3.63) is 52.9 Å². The highest BCUT2D eigenvalue weighted by molar-refractivity contribution is 5.78. The topological polar surface area (TPSA) is 92.4 Å². The van der Waals surface area contributed by atoms with Gasteiger partial charge in [-0.1, -0.05) is 6.92 Å². The van der Waals surface area contributed by atoms with Gasteiger partial charge in [0.1, 0.15) is 41.9 Å². The lowest BCUT2D eigenvalue weighted by Gasteiger charge is -2.29. The van der Waals surface area contributed by atoms with Gasteiger partial charge in [0.2, 0.25) is 0 Å². The SMILES string of the molecule is Cc1ncnc2c1ccn2[C@@H]1C[C@H](Oc2cc(C(F)F)c(F)c3c2CNCC3C)[C@@H](O)[C@H]1O. The Hall–Kier alpha value is -2.69. The van der Waals surface area contributed by atoms with E-state index in [2.05, 4.69) is 15.3 Å². The lowest BCUT2D eigenvalue weighted by Crippen LogP contribution is -2.35. The van der Waals surface area contributed by atoms with Crippen LogP contribution in [0.5, 0.6) is 5.75 Å².